The highest BCUT2D eigenvalue weighted by molar-refractivity contribution is 8.01. The zero-order valence-electron chi connectivity index (χ0n) is 12.2. The maximum absolute atomic E-state index is 12.0. The third-order valence-electron chi connectivity index (χ3n) is 2.88. The Hall–Kier alpha value is -0.900. The Morgan fingerprint density at radius 1 is 1.45 bits per heavy atom. The highest BCUT2D eigenvalue weighted by Crippen LogP contribution is 2.25. The predicted octanol–water partition coefficient (Wildman–Crippen LogP) is 1.70. The fraction of sp³-hybridized carbons (Fsp3) is 0.667. The smallest absolute Gasteiger partial charge is 0.316 e. The maximum atomic E-state index is 12.0. The molecule has 10 heteroatoms. The molecule has 0 aromatic carbocycles. The van der Waals surface area contributed by atoms with Crippen molar-refractivity contribution in [3.8, 4) is 0 Å². The lowest BCUT2D eigenvalue weighted by atomic mass is 10.0. The molecule has 2 rings (SSSR count). The van der Waals surface area contributed by atoms with Crippen molar-refractivity contribution in [3.63, 3.8) is 0 Å². The molecule has 1 aromatic rings. The molecule has 1 fully saturated rings. The minimum absolute atomic E-state index is 0. The van der Waals surface area contributed by atoms with Gasteiger partial charge in [0.25, 0.3) is 0 Å². The first-order chi connectivity index (χ1) is 10.2. The number of rotatable bonds is 6. The molecule has 0 aliphatic carbocycles. The summed E-state index contributed by atoms with van der Waals surface area (Å²) in [4.78, 5) is 23.3. The van der Waals surface area contributed by atoms with E-state index in [-0.39, 0.29) is 36.1 Å². The van der Waals surface area contributed by atoms with E-state index in [9.17, 15) is 9.59 Å². The molecule has 1 aliphatic rings. The third kappa shape index (κ3) is 6.07. The zero-order valence-corrected chi connectivity index (χ0v) is 14.6. The molecule has 7 nitrogen and oxygen atoms in total. The lowest BCUT2D eigenvalue weighted by molar-refractivity contribution is -0.139. The van der Waals surface area contributed by atoms with Gasteiger partial charge in [-0.05, 0) is 26.3 Å². The molecule has 1 aromatic heterocycles. The summed E-state index contributed by atoms with van der Waals surface area (Å²) in [5, 5.41) is 14.2. The molecule has 124 valence electrons. The zero-order chi connectivity index (χ0) is 15.1. The summed E-state index contributed by atoms with van der Waals surface area (Å²) in [5.41, 5.74) is 0. The second-order valence-corrected chi connectivity index (χ2v) is 6.66. The van der Waals surface area contributed by atoms with Gasteiger partial charge in [0.05, 0.1) is 18.4 Å². The monoisotopic (exact) mass is 366 g/mol. The van der Waals surface area contributed by atoms with Gasteiger partial charge in [-0.15, -0.1) is 22.6 Å². The number of ether oxygens (including phenoxy) is 1. The van der Waals surface area contributed by atoms with Crippen LogP contribution < -0.4 is 10.6 Å². The van der Waals surface area contributed by atoms with E-state index in [0.29, 0.717) is 16.1 Å². The van der Waals surface area contributed by atoms with Gasteiger partial charge in [-0.3, -0.25) is 14.9 Å². The summed E-state index contributed by atoms with van der Waals surface area (Å²) in [6.07, 6.45) is 3.01. The molecule has 0 bridgehead atoms. The predicted molar refractivity (Wildman–Crippen MR) is 88.8 cm³/mol. The SMILES string of the molecule is CCOC(=O)CSc1nnc(NC(=O)C2CCCCN2)s1.Cl. The Kier molecular flexibility index (Phi) is 8.69. The molecule has 1 saturated heterocycles. The molecule has 1 atom stereocenters. The van der Waals surface area contributed by atoms with Crippen molar-refractivity contribution in [2.45, 2.75) is 36.6 Å². The van der Waals surface area contributed by atoms with E-state index in [1.54, 1.807) is 6.92 Å². The van der Waals surface area contributed by atoms with E-state index in [1.165, 1.54) is 23.1 Å². The van der Waals surface area contributed by atoms with Crippen molar-refractivity contribution >= 4 is 52.5 Å². The summed E-state index contributed by atoms with van der Waals surface area (Å²) in [7, 11) is 0. The van der Waals surface area contributed by atoms with Crippen LogP contribution in [0.25, 0.3) is 0 Å². The van der Waals surface area contributed by atoms with Gasteiger partial charge < -0.3 is 10.1 Å². The van der Waals surface area contributed by atoms with Crippen LogP contribution in [0, 0.1) is 0 Å². The topological polar surface area (TPSA) is 93.2 Å². The first kappa shape index (κ1) is 19.1. The number of hydrogen-bond donors (Lipinski definition) is 2. The second kappa shape index (κ2) is 9.98. The molecule has 2 heterocycles. The highest BCUT2D eigenvalue weighted by atomic mass is 35.5. The van der Waals surface area contributed by atoms with Crippen LogP contribution in [0.2, 0.25) is 0 Å². The van der Waals surface area contributed by atoms with E-state index in [0.717, 1.165) is 25.8 Å². The molecule has 0 radical (unpaired) electrons. The van der Waals surface area contributed by atoms with E-state index in [2.05, 4.69) is 20.8 Å². The van der Waals surface area contributed by atoms with E-state index in [4.69, 9.17) is 4.74 Å². The summed E-state index contributed by atoms with van der Waals surface area (Å²) < 4.78 is 5.47. The Bertz CT molecular complexity index is 494. The number of nitrogens with zero attached hydrogens (tertiary/aromatic N) is 2. The van der Waals surface area contributed by atoms with Crippen LogP contribution in [-0.2, 0) is 14.3 Å². The van der Waals surface area contributed by atoms with Gasteiger partial charge in [0.15, 0.2) is 4.34 Å². The number of hydrogen-bond acceptors (Lipinski definition) is 8. The lowest BCUT2D eigenvalue weighted by Crippen LogP contribution is -2.43. The number of nitrogens with one attached hydrogen (secondary N) is 2. The Morgan fingerprint density at radius 3 is 2.95 bits per heavy atom. The summed E-state index contributed by atoms with van der Waals surface area (Å²) in [6, 6.07) is -0.154. The second-order valence-electron chi connectivity index (χ2n) is 4.46. The minimum Gasteiger partial charge on any atom is -0.465 e. The molecule has 2 N–H and O–H groups in total. The molecule has 0 saturated carbocycles. The number of thioether (sulfide) groups is 1. The van der Waals surface area contributed by atoms with Crippen molar-refractivity contribution < 1.29 is 14.3 Å². The number of amides is 1. The minimum atomic E-state index is -0.283. The maximum Gasteiger partial charge on any atom is 0.316 e. The van der Waals surface area contributed by atoms with Crippen LogP contribution in [-0.4, -0.2) is 47.0 Å². The van der Waals surface area contributed by atoms with Crippen LogP contribution in [0.4, 0.5) is 5.13 Å². The largest absolute Gasteiger partial charge is 0.465 e. The van der Waals surface area contributed by atoms with Gasteiger partial charge in [0, 0.05) is 0 Å². The van der Waals surface area contributed by atoms with E-state index < -0.39 is 0 Å². The standard InChI is InChI=1S/C12H18N4O3S2.ClH/c1-2-19-9(17)7-20-12-16-15-11(21-12)14-10(18)8-5-3-4-6-13-8;/h8,13H,2-7H2,1H3,(H,14,15,18);1H. The van der Waals surface area contributed by atoms with Crippen molar-refractivity contribution in [3.05, 3.63) is 0 Å². The lowest BCUT2D eigenvalue weighted by Gasteiger charge is -2.21. The van der Waals surface area contributed by atoms with Crippen LogP contribution in [0.3, 0.4) is 0 Å². The van der Waals surface area contributed by atoms with Gasteiger partial charge in [0.1, 0.15) is 0 Å². The quantitative estimate of drug-likeness (QED) is 0.449. The fourth-order valence-corrected chi connectivity index (χ4v) is 3.46. The number of anilines is 1. The summed E-state index contributed by atoms with van der Waals surface area (Å²) in [6.45, 7) is 3.00. The van der Waals surface area contributed by atoms with Gasteiger partial charge in [-0.25, -0.2) is 0 Å². The van der Waals surface area contributed by atoms with Crippen LogP contribution in [0.5, 0.6) is 0 Å². The average molecular weight is 367 g/mol. The van der Waals surface area contributed by atoms with Crippen molar-refractivity contribution in [1.82, 2.24) is 15.5 Å². The first-order valence-corrected chi connectivity index (χ1v) is 8.65. The van der Waals surface area contributed by atoms with Crippen LogP contribution >= 0.6 is 35.5 Å². The molecular weight excluding hydrogens is 348 g/mol. The van der Waals surface area contributed by atoms with Crippen molar-refractivity contribution in [2.75, 3.05) is 24.2 Å². The summed E-state index contributed by atoms with van der Waals surface area (Å²) >= 11 is 2.51. The number of carbonyl (C=O) groups is 2. The Balaban J connectivity index is 0.00000242. The summed E-state index contributed by atoms with van der Waals surface area (Å²) in [5.74, 6) is -0.164. The molecular formula is C12H19ClN4O3S2. The fourth-order valence-electron chi connectivity index (χ4n) is 1.91. The van der Waals surface area contributed by atoms with Crippen molar-refractivity contribution in [1.29, 1.82) is 0 Å². The van der Waals surface area contributed by atoms with Gasteiger partial charge in [-0.1, -0.05) is 29.5 Å². The third-order valence-corrected chi connectivity index (χ3v) is 4.83. The Morgan fingerprint density at radius 2 is 2.27 bits per heavy atom. The molecule has 1 aliphatic heterocycles. The molecule has 1 amide bonds. The Labute approximate surface area is 143 Å². The number of carbonyl (C=O) groups excluding carboxylic acids is 2. The van der Waals surface area contributed by atoms with Crippen molar-refractivity contribution in [2.24, 2.45) is 0 Å². The van der Waals surface area contributed by atoms with Crippen LogP contribution in [0.1, 0.15) is 26.2 Å². The average Bonchev–Trinajstić information content (AvgIpc) is 2.94. The van der Waals surface area contributed by atoms with Gasteiger partial charge in [0.2, 0.25) is 11.0 Å². The highest BCUT2D eigenvalue weighted by Gasteiger charge is 2.21. The first-order valence-electron chi connectivity index (χ1n) is 6.85. The number of halogens is 1. The van der Waals surface area contributed by atoms with E-state index >= 15 is 0 Å². The molecule has 1 unspecified atom stereocenters. The van der Waals surface area contributed by atoms with Gasteiger partial charge in [-0.2, -0.15) is 0 Å². The molecule has 0 spiro atoms. The normalized spacial score (nSPS) is 17.4. The molecule has 22 heavy (non-hydrogen) atoms. The number of esters is 1. The van der Waals surface area contributed by atoms with Gasteiger partial charge >= 0.3 is 5.97 Å². The number of piperidine rings is 1. The van der Waals surface area contributed by atoms with E-state index in [1.807, 2.05) is 0 Å². The van der Waals surface area contributed by atoms with Crippen LogP contribution in [0.15, 0.2) is 4.34 Å². The number of aromatic nitrogens is 2.